The van der Waals surface area contributed by atoms with Crippen molar-refractivity contribution >= 4 is 29.3 Å². The Morgan fingerprint density at radius 3 is 2.68 bits per heavy atom. The summed E-state index contributed by atoms with van der Waals surface area (Å²) in [6, 6.07) is 15.1. The molecular formula is C20H21ClN4O2S. The molecule has 0 bridgehead atoms. The van der Waals surface area contributed by atoms with E-state index in [-0.39, 0.29) is 11.2 Å². The highest BCUT2D eigenvalue weighted by Gasteiger charge is 2.20. The van der Waals surface area contributed by atoms with Gasteiger partial charge in [-0.05, 0) is 25.1 Å². The van der Waals surface area contributed by atoms with Crippen molar-refractivity contribution in [2.75, 3.05) is 7.11 Å². The first-order chi connectivity index (χ1) is 13.5. The van der Waals surface area contributed by atoms with Crippen molar-refractivity contribution < 1.29 is 9.53 Å². The van der Waals surface area contributed by atoms with Crippen molar-refractivity contribution in [3.8, 4) is 17.1 Å². The van der Waals surface area contributed by atoms with E-state index in [1.54, 1.807) is 7.11 Å². The third-order valence-corrected chi connectivity index (χ3v) is 5.71. The summed E-state index contributed by atoms with van der Waals surface area (Å²) >= 11 is 7.61. The minimum atomic E-state index is -0.336. The topological polar surface area (TPSA) is 69.0 Å². The molecule has 0 saturated carbocycles. The summed E-state index contributed by atoms with van der Waals surface area (Å²) in [5.41, 5.74) is 1.73. The second kappa shape index (κ2) is 9.12. The van der Waals surface area contributed by atoms with Crippen molar-refractivity contribution in [3.05, 3.63) is 59.1 Å². The number of ether oxygens (including phenoxy) is 1. The van der Waals surface area contributed by atoms with Gasteiger partial charge in [-0.15, -0.1) is 10.2 Å². The lowest BCUT2D eigenvalue weighted by molar-refractivity contribution is -0.120. The first-order valence-electron chi connectivity index (χ1n) is 8.71. The van der Waals surface area contributed by atoms with Gasteiger partial charge in [0, 0.05) is 24.7 Å². The summed E-state index contributed by atoms with van der Waals surface area (Å²) in [5, 5.41) is 12.3. The molecule has 8 heteroatoms. The van der Waals surface area contributed by atoms with Gasteiger partial charge >= 0.3 is 0 Å². The minimum Gasteiger partial charge on any atom is -0.496 e. The number of halogens is 1. The average Bonchev–Trinajstić information content (AvgIpc) is 3.06. The van der Waals surface area contributed by atoms with Crippen LogP contribution in [0.25, 0.3) is 11.4 Å². The summed E-state index contributed by atoms with van der Waals surface area (Å²) < 4.78 is 7.16. The number of nitrogens with zero attached hydrogens (tertiary/aromatic N) is 3. The Morgan fingerprint density at radius 2 is 1.93 bits per heavy atom. The standard InChI is InChI=1S/C20H21ClN4O2S/c1-13(19(26)22-12-14-8-4-7-11-17(14)27-3)28-20-24-23-18(25(20)2)15-9-5-6-10-16(15)21/h4-11,13H,12H2,1-3H3,(H,22,26)/t13-/m1/s1. The monoisotopic (exact) mass is 416 g/mol. The maximum absolute atomic E-state index is 12.5. The molecule has 1 amide bonds. The van der Waals surface area contributed by atoms with Crippen LogP contribution in [0.2, 0.25) is 5.02 Å². The Morgan fingerprint density at radius 1 is 1.21 bits per heavy atom. The zero-order valence-corrected chi connectivity index (χ0v) is 17.4. The molecule has 0 aliphatic carbocycles. The van der Waals surface area contributed by atoms with Crippen molar-refractivity contribution in [1.29, 1.82) is 0 Å². The highest BCUT2D eigenvalue weighted by atomic mass is 35.5. The van der Waals surface area contributed by atoms with Gasteiger partial charge in [0.1, 0.15) is 5.75 Å². The lowest BCUT2D eigenvalue weighted by Crippen LogP contribution is -2.30. The Labute approximate surface area is 173 Å². The zero-order valence-electron chi connectivity index (χ0n) is 15.8. The molecule has 3 rings (SSSR count). The van der Waals surface area contributed by atoms with E-state index >= 15 is 0 Å². The highest BCUT2D eigenvalue weighted by molar-refractivity contribution is 8.00. The smallest absolute Gasteiger partial charge is 0.233 e. The number of benzene rings is 2. The number of hydrogen-bond donors (Lipinski definition) is 1. The van der Waals surface area contributed by atoms with Crippen LogP contribution in [0.5, 0.6) is 5.75 Å². The summed E-state index contributed by atoms with van der Waals surface area (Å²) in [6.07, 6.45) is 0. The quantitative estimate of drug-likeness (QED) is 0.591. The number of carbonyl (C=O) groups is 1. The summed E-state index contributed by atoms with van der Waals surface area (Å²) in [4.78, 5) is 12.5. The Hall–Kier alpha value is -2.51. The number of thioether (sulfide) groups is 1. The molecule has 146 valence electrons. The number of rotatable bonds is 7. The van der Waals surface area contributed by atoms with E-state index in [0.717, 1.165) is 16.9 Å². The molecule has 0 aliphatic rings. The van der Waals surface area contributed by atoms with Crippen molar-refractivity contribution in [2.24, 2.45) is 7.05 Å². The lowest BCUT2D eigenvalue weighted by Gasteiger charge is -2.13. The molecule has 3 aromatic rings. The number of carbonyl (C=O) groups excluding carboxylic acids is 1. The number of aromatic nitrogens is 3. The second-order valence-corrected chi connectivity index (χ2v) is 7.85. The first kappa shape index (κ1) is 20.2. The third-order valence-electron chi connectivity index (χ3n) is 4.25. The normalized spacial score (nSPS) is 11.9. The van der Waals surface area contributed by atoms with Crippen LogP contribution < -0.4 is 10.1 Å². The van der Waals surface area contributed by atoms with E-state index in [4.69, 9.17) is 16.3 Å². The van der Waals surface area contributed by atoms with E-state index in [1.165, 1.54) is 11.8 Å². The molecule has 0 radical (unpaired) electrons. The van der Waals surface area contributed by atoms with E-state index in [1.807, 2.05) is 67.1 Å². The molecule has 2 aromatic carbocycles. The Balaban J connectivity index is 1.65. The SMILES string of the molecule is COc1ccccc1CNC(=O)[C@@H](C)Sc1nnc(-c2ccccc2Cl)n1C. The fourth-order valence-electron chi connectivity index (χ4n) is 2.68. The largest absolute Gasteiger partial charge is 0.496 e. The minimum absolute atomic E-state index is 0.0850. The van der Waals surface area contributed by atoms with Crippen LogP contribution in [0.3, 0.4) is 0 Å². The molecule has 0 spiro atoms. The summed E-state index contributed by atoms with van der Waals surface area (Å²) in [5.74, 6) is 1.33. The molecule has 1 atom stereocenters. The first-order valence-corrected chi connectivity index (χ1v) is 9.97. The molecule has 0 saturated heterocycles. The van der Waals surface area contributed by atoms with Crippen molar-refractivity contribution in [1.82, 2.24) is 20.1 Å². The van der Waals surface area contributed by atoms with Gasteiger partial charge in [0.25, 0.3) is 0 Å². The Kier molecular flexibility index (Phi) is 6.59. The van der Waals surface area contributed by atoms with E-state index in [0.29, 0.717) is 22.5 Å². The molecule has 1 aromatic heterocycles. The highest BCUT2D eigenvalue weighted by Crippen LogP contribution is 2.29. The number of para-hydroxylation sites is 1. The van der Waals surface area contributed by atoms with E-state index in [2.05, 4.69) is 15.5 Å². The number of amides is 1. The summed E-state index contributed by atoms with van der Waals surface area (Å²) in [6.45, 7) is 2.24. The van der Waals surface area contributed by atoms with Gasteiger partial charge in [0.15, 0.2) is 11.0 Å². The maximum Gasteiger partial charge on any atom is 0.233 e. The molecular weight excluding hydrogens is 396 g/mol. The van der Waals surface area contributed by atoms with Crippen LogP contribution >= 0.6 is 23.4 Å². The molecule has 28 heavy (non-hydrogen) atoms. The predicted octanol–water partition coefficient (Wildman–Crippen LogP) is 3.94. The van der Waals surface area contributed by atoms with Gasteiger partial charge in [-0.1, -0.05) is 53.7 Å². The van der Waals surface area contributed by atoms with Crippen LogP contribution in [0.4, 0.5) is 0 Å². The van der Waals surface area contributed by atoms with Gasteiger partial charge in [0.2, 0.25) is 5.91 Å². The van der Waals surface area contributed by atoms with E-state index in [9.17, 15) is 4.79 Å². The van der Waals surface area contributed by atoms with Gasteiger partial charge in [0.05, 0.1) is 17.4 Å². The molecule has 6 nitrogen and oxygen atoms in total. The zero-order chi connectivity index (χ0) is 20.1. The molecule has 1 N–H and O–H groups in total. The fraction of sp³-hybridized carbons (Fsp3) is 0.250. The van der Waals surface area contributed by atoms with Crippen LogP contribution in [0, 0.1) is 0 Å². The van der Waals surface area contributed by atoms with Crippen LogP contribution in [0.1, 0.15) is 12.5 Å². The van der Waals surface area contributed by atoms with Gasteiger partial charge in [-0.3, -0.25) is 4.79 Å². The third kappa shape index (κ3) is 4.48. The van der Waals surface area contributed by atoms with Gasteiger partial charge in [-0.25, -0.2) is 0 Å². The van der Waals surface area contributed by atoms with Crippen molar-refractivity contribution in [3.63, 3.8) is 0 Å². The van der Waals surface area contributed by atoms with Crippen LogP contribution in [0.15, 0.2) is 53.7 Å². The van der Waals surface area contributed by atoms with Crippen LogP contribution in [-0.4, -0.2) is 33.0 Å². The number of nitrogens with one attached hydrogen (secondary N) is 1. The Bertz CT molecular complexity index is 976. The van der Waals surface area contributed by atoms with Gasteiger partial charge < -0.3 is 14.6 Å². The predicted molar refractivity (Wildman–Crippen MR) is 112 cm³/mol. The van der Waals surface area contributed by atoms with E-state index < -0.39 is 0 Å². The summed E-state index contributed by atoms with van der Waals surface area (Å²) in [7, 11) is 3.48. The maximum atomic E-state index is 12.5. The van der Waals surface area contributed by atoms with Crippen LogP contribution in [-0.2, 0) is 18.4 Å². The molecule has 0 unspecified atom stereocenters. The molecule has 1 heterocycles. The lowest BCUT2D eigenvalue weighted by atomic mass is 10.2. The number of hydrogen-bond acceptors (Lipinski definition) is 5. The molecule has 0 fully saturated rings. The average molecular weight is 417 g/mol. The van der Waals surface area contributed by atoms with Crippen molar-refractivity contribution in [2.45, 2.75) is 23.9 Å². The second-order valence-electron chi connectivity index (χ2n) is 6.13. The fourth-order valence-corrected chi connectivity index (χ4v) is 3.74. The van der Waals surface area contributed by atoms with Gasteiger partial charge in [-0.2, -0.15) is 0 Å². The number of methoxy groups -OCH3 is 1. The molecule has 0 aliphatic heterocycles.